The van der Waals surface area contributed by atoms with Crippen LogP contribution in [0.4, 0.5) is 5.69 Å². The van der Waals surface area contributed by atoms with E-state index in [4.69, 9.17) is 15.2 Å². The Morgan fingerprint density at radius 2 is 1.71 bits per heavy atom. The average Bonchev–Trinajstić information content (AvgIpc) is 3.65. The van der Waals surface area contributed by atoms with Gasteiger partial charge in [0.15, 0.2) is 0 Å². The molecule has 0 aliphatic carbocycles. The van der Waals surface area contributed by atoms with E-state index in [0.29, 0.717) is 25.1 Å². The van der Waals surface area contributed by atoms with Crippen molar-refractivity contribution in [2.75, 3.05) is 54.2 Å². The molecule has 1 aromatic carbocycles. The van der Waals surface area contributed by atoms with E-state index in [-0.39, 0.29) is 66.4 Å². The van der Waals surface area contributed by atoms with E-state index in [9.17, 15) is 24.4 Å². The quantitative estimate of drug-likeness (QED) is 0.198. The second-order valence-corrected chi connectivity index (χ2v) is 16.2. The molecule has 2 fully saturated rings. The zero-order valence-corrected chi connectivity index (χ0v) is 35.1. The molecule has 0 aromatic heterocycles. The van der Waals surface area contributed by atoms with Crippen LogP contribution in [0.3, 0.4) is 0 Å². The van der Waals surface area contributed by atoms with Gasteiger partial charge in [0, 0.05) is 46.6 Å². The van der Waals surface area contributed by atoms with Crippen molar-refractivity contribution in [2.45, 2.75) is 135 Å². The Balaban J connectivity index is 1.78. The maximum atomic E-state index is 14.3. The fourth-order valence-electron chi connectivity index (χ4n) is 8.63. The first-order valence-corrected chi connectivity index (χ1v) is 20.2. The predicted molar refractivity (Wildman–Crippen MR) is 215 cm³/mol. The fraction of sp³-hybridized carbons (Fsp3) is 0.738. The number of hydrogen-bond acceptors (Lipinski definition) is 9. The first-order chi connectivity index (χ1) is 26.1. The minimum absolute atomic E-state index is 0.0114. The summed E-state index contributed by atoms with van der Waals surface area (Å²) in [4.78, 5) is 63.2. The van der Waals surface area contributed by atoms with Crippen molar-refractivity contribution in [1.29, 1.82) is 5.26 Å². The van der Waals surface area contributed by atoms with Gasteiger partial charge in [0.1, 0.15) is 6.04 Å². The van der Waals surface area contributed by atoms with Crippen molar-refractivity contribution < 1.29 is 28.7 Å². The predicted octanol–water partition coefficient (Wildman–Crippen LogP) is 4.10. The van der Waals surface area contributed by atoms with Crippen LogP contribution in [0.1, 0.15) is 91.5 Å². The van der Waals surface area contributed by atoms with Crippen LogP contribution in [-0.4, -0.2) is 134 Å². The molecule has 3 N–H and O–H groups in total. The van der Waals surface area contributed by atoms with Gasteiger partial charge in [-0.1, -0.05) is 59.6 Å². The van der Waals surface area contributed by atoms with Crippen LogP contribution >= 0.6 is 0 Å². The van der Waals surface area contributed by atoms with Gasteiger partial charge in [-0.3, -0.25) is 24.1 Å². The van der Waals surface area contributed by atoms with Crippen molar-refractivity contribution in [2.24, 2.45) is 17.8 Å². The van der Waals surface area contributed by atoms with Crippen molar-refractivity contribution in [3.8, 4) is 6.07 Å². The molecule has 13 heteroatoms. The summed E-state index contributed by atoms with van der Waals surface area (Å²) < 4.78 is 12.1. The van der Waals surface area contributed by atoms with Gasteiger partial charge >= 0.3 is 0 Å². The van der Waals surface area contributed by atoms with Gasteiger partial charge in [0.25, 0.3) is 0 Å². The molecule has 2 aliphatic heterocycles. The third-order valence-corrected chi connectivity index (χ3v) is 12.2. The summed E-state index contributed by atoms with van der Waals surface area (Å²) in [5.74, 6) is -1.39. The number of piperidine rings is 1. The Bertz CT molecular complexity index is 1470. The molecular weight excluding hydrogens is 699 g/mol. The summed E-state index contributed by atoms with van der Waals surface area (Å²) in [6, 6.07) is 7.55. The van der Waals surface area contributed by atoms with Crippen LogP contribution in [0.2, 0.25) is 0 Å². The molecule has 2 saturated heterocycles. The van der Waals surface area contributed by atoms with Gasteiger partial charge in [-0.2, -0.15) is 5.26 Å². The number of nitrogens with zero attached hydrogens (tertiary/aromatic N) is 5. The molecule has 3 rings (SSSR count). The number of nitrogens with one attached hydrogen (secondary N) is 1. The maximum absolute atomic E-state index is 14.3. The lowest BCUT2D eigenvalue weighted by molar-refractivity contribution is -0.149. The molecule has 0 spiro atoms. The van der Waals surface area contributed by atoms with Crippen molar-refractivity contribution in [1.82, 2.24) is 24.9 Å². The van der Waals surface area contributed by atoms with Crippen LogP contribution in [0, 0.1) is 29.1 Å². The molecule has 1 unspecified atom stereocenters. The smallest absolute Gasteiger partial charge is 0.245 e. The Labute approximate surface area is 330 Å². The van der Waals surface area contributed by atoms with E-state index >= 15 is 0 Å². The minimum Gasteiger partial charge on any atom is -0.399 e. The summed E-state index contributed by atoms with van der Waals surface area (Å²) in [6.07, 6.45) is 4.45. The number of carbonyl (C=O) groups excluding carboxylic acids is 4. The summed E-state index contributed by atoms with van der Waals surface area (Å²) in [6.45, 7) is 11.2. The Hall–Kier alpha value is -3.73. The lowest BCUT2D eigenvalue weighted by atomic mass is 9.89. The van der Waals surface area contributed by atoms with Gasteiger partial charge in [-0.25, -0.2) is 0 Å². The SMILES string of the molecule is CC[C@H](C)[C@@H]([C@@H](CC(=O)N1CCC[C@H]1[C@H](OC)[C@@H](C)C(=O)N(C)[C@H](CC#N)Cc1cccc(N)c1)OC)N(C)C(=O)[C@@H](NC(=O)C1CCCCN1C)C(C)C. The van der Waals surface area contributed by atoms with Crippen LogP contribution in [0.25, 0.3) is 0 Å². The number of carbonyl (C=O) groups is 4. The maximum Gasteiger partial charge on any atom is 0.245 e. The number of methoxy groups -OCH3 is 2. The highest BCUT2D eigenvalue weighted by Gasteiger charge is 2.44. The molecule has 0 saturated carbocycles. The van der Waals surface area contributed by atoms with Crippen molar-refractivity contribution in [3.05, 3.63) is 29.8 Å². The number of benzene rings is 1. The standard InChI is InChI=1S/C42H69N7O6/c1-11-28(4)38(48(8)42(53)37(27(2)3)45-40(51)34-18-12-13-22-46(34)6)35(54-9)26-36(50)49-23-15-19-33(49)39(55-10)29(5)41(52)47(7)32(20-21-43)25-30-16-14-17-31(44)24-30/h14,16-17,24,27-29,32-35,37-39H,11-13,15,18-20,22-23,25-26,44H2,1-10H3,(H,45,51)/t28-,29+,32+,33-,34?,35+,37-,38-,39+/m0/s1. The summed E-state index contributed by atoms with van der Waals surface area (Å²) in [5, 5.41) is 12.7. The lowest BCUT2D eigenvalue weighted by Gasteiger charge is -2.41. The number of likely N-dealkylation sites (N-methyl/N-ethyl adjacent to an activating group) is 3. The number of anilines is 1. The summed E-state index contributed by atoms with van der Waals surface area (Å²) in [7, 11) is 8.57. The zero-order chi connectivity index (χ0) is 41.0. The van der Waals surface area contributed by atoms with Crippen molar-refractivity contribution in [3.63, 3.8) is 0 Å². The number of nitrogens with two attached hydrogens (primary N) is 1. The lowest BCUT2D eigenvalue weighted by Crippen LogP contribution is -2.59. The largest absolute Gasteiger partial charge is 0.399 e. The molecule has 9 atom stereocenters. The van der Waals surface area contributed by atoms with Crippen LogP contribution in [-0.2, 0) is 35.1 Å². The first kappa shape index (κ1) is 45.7. The van der Waals surface area contributed by atoms with Gasteiger partial charge in [0.2, 0.25) is 23.6 Å². The van der Waals surface area contributed by atoms with E-state index < -0.39 is 30.2 Å². The molecule has 0 radical (unpaired) electrons. The minimum atomic E-state index is -0.728. The molecule has 0 bridgehead atoms. The first-order valence-electron chi connectivity index (χ1n) is 20.2. The highest BCUT2D eigenvalue weighted by molar-refractivity contribution is 5.90. The zero-order valence-electron chi connectivity index (χ0n) is 35.1. The fourth-order valence-corrected chi connectivity index (χ4v) is 8.63. The monoisotopic (exact) mass is 768 g/mol. The molecule has 13 nitrogen and oxygen atoms in total. The average molecular weight is 768 g/mol. The molecular formula is C42H69N7O6. The highest BCUT2D eigenvalue weighted by atomic mass is 16.5. The van der Waals surface area contributed by atoms with Crippen LogP contribution in [0.15, 0.2) is 24.3 Å². The second-order valence-electron chi connectivity index (χ2n) is 16.2. The normalized spacial score (nSPS) is 21.5. The molecule has 55 heavy (non-hydrogen) atoms. The van der Waals surface area contributed by atoms with E-state index in [1.807, 2.05) is 50.9 Å². The number of likely N-dealkylation sites (tertiary alicyclic amines) is 2. The Morgan fingerprint density at radius 3 is 2.29 bits per heavy atom. The number of ether oxygens (including phenoxy) is 2. The number of rotatable bonds is 19. The van der Waals surface area contributed by atoms with Gasteiger partial charge in [-0.05, 0) is 75.2 Å². The van der Waals surface area contributed by atoms with Gasteiger partial charge in [-0.15, -0.1) is 0 Å². The van der Waals surface area contributed by atoms with Gasteiger partial charge in [0.05, 0.1) is 55.2 Å². The topological polar surface area (TPSA) is 162 Å². The van der Waals surface area contributed by atoms with Crippen LogP contribution in [0.5, 0.6) is 0 Å². The summed E-state index contributed by atoms with van der Waals surface area (Å²) >= 11 is 0. The Kier molecular flexibility index (Phi) is 17.9. The molecule has 1 aromatic rings. The van der Waals surface area contributed by atoms with Crippen molar-refractivity contribution >= 4 is 29.3 Å². The second kappa shape index (κ2) is 21.5. The third kappa shape index (κ3) is 11.6. The molecule has 2 heterocycles. The molecule has 4 amide bonds. The van der Waals surface area contributed by atoms with E-state index in [1.165, 1.54) is 0 Å². The number of amides is 4. The van der Waals surface area contributed by atoms with E-state index in [2.05, 4.69) is 30.1 Å². The highest BCUT2D eigenvalue weighted by Crippen LogP contribution is 2.31. The van der Waals surface area contributed by atoms with E-state index in [0.717, 1.165) is 44.2 Å². The van der Waals surface area contributed by atoms with E-state index in [1.54, 1.807) is 44.2 Å². The van der Waals surface area contributed by atoms with Crippen LogP contribution < -0.4 is 11.1 Å². The molecule has 2 aliphatic rings. The third-order valence-electron chi connectivity index (χ3n) is 12.2. The summed E-state index contributed by atoms with van der Waals surface area (Å²) in [5.41, 5.74) is 7.56. The molecule has 308 valence electrons. The number of nitriles is 1. The Morgan fingerprint density at radius 1 is 1.00 bits per heavy atom. The number of hydrogen-bond donors (Lipinski definition) is 2. The number of nitrogen functional groups attached to an aromatic ring is 1. The van der Waals surface area contributed by atoms with Gasteiger partial charge < -0.3 is 35.2 Å².